The lowest BCUT2D eigenvalue weighted by atomic mass is 10.2. The molecule has 0 unspecified atom stereocenters. The third kappa shape index (κ3) is 6.71. The third-order valence-corrected chi connectivity index (χ3v) is 2.34. The van der Waals surface area contributed by atoms with Gasteiger partial charge in [-0.2, -0.15) is 0 Å². The molecule has 0 bridgehead atoms. The number of ether oxygens (including phenoxy) is 1. The van der Waals surface area contributed by atoms with Crippen molar-refractivity contribution in [1.29, 1.82) is 0 Å². The number of nitrogens with one attached hydrogen (secondary N) is 2. The van der Waals surface area contributed by atoms with E-state index in [4.69, 9.17) is 4.74 Å². The summed E-state index contributed by atoms with van der Waals surface area (Å²) in [6, 6.07) is 10.1. The molecule has 4 nitrogen and oxygen atoms in total. The monoisotopic (exact) mass is 236 g/mol. The molecule has 0 aliphatic rings. The highest BCUT2D eigenvalue weighted by molar-refractivity contribution is 5.75. The maximum absolute atomic E-state index is 10.9. The van der Waals surface area contributed by atoms with Gasteiger partial charge in [0.25, 0.3) is 0 Å². The quantitative estimate of drug-likeness (QED) is 0.660. The van der Waals surface area contributed by atoms with Gasteiger partial charge in [-0.05, 0) is 5.56 Å². The molecule has 0 fully saturated rings. The molecule has 1 rings (SSSR count). The lowest BCUT2D eigenvalue weighted by Gasteiger charge is -2.06. The van der Waals surface area contributed by atoms with Crippen LogP contribution in [0.4, 0.5) is 0 Å². The van der Waals surface area contributed by atoms with Gasteiger partial charge in [0.15, 0.2) is 0 Å². The first-order valence-electron chi connectivity index (χ1n) is 5.86. The first-order valence-corrected chi connectivity index (χ1v) is 5.86. The van der Waals surface area contributed by atoms with Crippen molar-refractivity contribution in [2.24, 2.45) is 0 Å². The summed E-state index contributed by atoms with van der Waals surface area (Å²) in [4.78, 5) is 10.9. The van der Waals surface area contributed by atoms with E-state index in [1.54, 1.807) is 7.05 Å². The van der Waals surface area contributed by atoms with Crippen molar-refractivity contribution < 1.29 is 9.53 Å². The van der Waals surface area contributed by atoms with Crippen LogP contribution >= 0.6 is 0 Å². The number of benzene rings is 1. The Balaban J connectivity index is 1.93. The Hall–Kier alpha value is -1.39. The van der Waals surface area contributed by atoms with Crippen LogP contribution in [0, 0.1) is 0 Å². The van der Waals surface area contributed by atoms with Crippen LogP contribution in [0.2, 0.25) is 0 Å². The maximum atomic E-state index is 10.9. The van der Waals surface area contributed by atoms with Crippen molar-refractivity contribution >= 4 is 5.91 Å². The molecule has 2 N–H and O–H groups in total. The van der Waals surface area contributed by atoms with Crippen LogP contribution in [0.5, 0.6) is 0 Å². The highest BCUT2D eigenvalue weighted by atomic mass is 16.5. The van der Waals surface area contributed by atoms with E-state index < -0.39 is 0 Å². The van der Waals surface area contributed by atoms with Crippen LogP contribution in [-0.4, -0.2) is 32.7 Å². The molecule has 0 heterocycles. The third-order valence-electron chi connectivity index (χ3n) is 2.34. The zero-order chi connectivity index (χ0) is 12.3. The lowest BCUT2D eigenvalue weighted by molar-refractivity contribution is -0.120. The van der Waals surface area contributed by atoms with Gasteiger partial charge in [0.2, 0.25) is 5.91 Å². The second-order valence-corrected chi connectivity index (χ2v) is 3.71. The first-order chi connectivity index (χ1) is 8.33. The van der Waals surface area contributed by atoms with E-state index >= 15 is 0 Å². The predicted octanol–water partition coefficient (Wildman–Crippen LogP) is 0.929. The highest BCUT2D eigenvalue weighted by Crippen LogP contribution is 1.99. The molecule has 17 heavy (non-hydrogen) atoms. The summed E-state index contributed by atoms with van der Waals surface area (Å²) in [7, 11) is 1.64. The summed E-state index contributed by atoms with van der Waals surface area (Å²) < 4.78 is 5.49. The van der Waals surface area contributed by atoms with Crippen LogP contribution in [0.15, 0.2) is 30.3 Å². The van der Waals surface area contributed by atoms with Crippen molar-refractivity contribution in [3.63, 3.8) is 0 Å². The zero-order valence-electron chi connectivity index (χ0n) is 10.2. The minimum atomic E-state index is 0.0581. The standard InChI is InChI=1S/C13H20N2O2/c1-14-13(16)7-8-15-9-10-17-11-12-5-3-2-4-6-12/h2-6,15H,7-11H2,1H3,(H,14,16). The minimum Gasteiger partial charge on any atom is -0.375 e. The highest BCUT2D eigenvalue weighted by Gasteiger charge is 1.96. The Morgan fingerprint density at radius 1 is 1.24 bits per heavy atom. The molecule has 0 aromatic heterocycles. The molecule has 0 saturated heterocycles. The first kappa shape index (κ1) is 13.7. The maximum Gasteiger partial charge on any atom is 0.221 e. The predicted molar refractivity (Wildman–Crippen MR) is 67.7 cm³/mol. The molecule has 0 radical (unpaired) electrons. The molecule has 0 saturated carbocycles. The average molecular weight is 236 g/mol. The SMILES string of the molecule is CNC(=O)CCNCCOCc1ccccc1. The second-order valence-electron chi connectivity index (χ2n) is 3.71. The number of amides is 1. The molecular formula is C13H20N2O2. The zero-order valence-corrected chi connectivity index (χ0v) is 10.2. The largest absolute Gasteiger partial charge is 0.375 e. The van der Waals surface area contributed by atoms with Crippen molar-refractivity contribution in [2.45, 2.75) is 13.0 Å². The molecule has 1 aromatic rings. The van der Waals surface area contributed by atoms with E-state index in [0.717, 1.165) is 6.54 Å². The fourth-order valence-corrected chi connectivity index (χ4v) is 1.36. The molecule has 0 aliphatic heterocycles. The summed E-state index contributed by atoms with van der Waals surface area (Å²) in [6.07, 6.45) is 0.509. The van der Waals surface area contributed by atoms with Gasteiger partial charge in [0.05, 0.1) is 13.2 Å². The summed E-state index contributed by atoms with van der Waals surface area (Å²) in [5.74, 6) is 0.0581. The molecule has 4 heteroatoms. The number of rotatable bonds is 8. The molecule has 0 atom stereocenters. The van der Waals surface area contributed by atoms with Gasteiger partial charge in [0, 0.05) is 26.6 Å². The van der Waals surface area contributed by atoms with E-state index in [9.17, 15) is 4.79 Å². The molecule has 94 valence electrons. The fourth-order valence-electron chi connectivity index (χ4n) is 1.36. The second kappa shape index (κ2) is 8.73. The van der Waals surface area contributed by atoms with E-state index in [1.807, 2.05) is 30.3 Å². The number of carbonyl (C=O) groups is 1. The van der Waals surface area contributed by atoms with Gasteiger partial charge in [0.1, 0.15) is 0 Å². The summed E-state index contributed by atoms with van der Waals surface area (Å²) in [6.45, 7) is 2.75. The van der Waals surface area contributed by atoms with Gasteiger partial charge in [-0.1, -0.05) is 30.3 Å². The van der Waals surface area contributed by atoms with Crippen molar-refractivity contribution in [2.75, 3.05) is 26.7 Å². The summed E-state index contributed by atoms with van der Waals surface area (Å²) in [5, 5.41) is 5.73. The Kier molecular flexibility index (Phi) is 7.02. The number of hydrogen-bond acceptors (Lipinski definition) is 3. The number of hydrogen-bond donors (Lipinski definition) is 2. The Labute approximate surface area is 102 Å². The van der Waals surface area contributed by atoms with Crippen LogP contribution < -0.4 is 10.6 Å². The normalized spacial score (nSPS) is 10.2. The Morgan fingerprint density at radius 2 is 2.00 bits per heavy atom. The van der Waals surface area contributed by atoms with E-state index in [1.165, 1.54) is 5.56 Å². The Bertz CT molecular complexity index is 314. The summed E-state index contributed by atoms with van der Waals surface area (Å²) >= 11 is 0. The van der Waals surface area contributed by atoms with Gasteiger partial charge >= 0.3 is 0 Å². The molecule has 1 amide bonds. The molecule has 0 spiro atoms. The van der Waals surface area contributed by atoms with Crippen LogP contribution in [0.1, 0.15) is 12.0 Å². The van der Waals surface area contributed by atoms with Gasteiger partial charge in [-0.25, -0.2) is 0 Å². The van der Waals surface area contributed by atoms with Gasteiger partial charge in [-0.3, -0.25) is 4.79 Å². The molecule has 0 aliphatic carbocycles. The van der Waals surface area contributed by atoms with E-state index in [0.29, 0.717) is 26.2 Å². The Morgan fingerprint density at radius 3 is 2.71 bits per heavy atom. The van der Waals surface area contributed by atoms with Crippen molar-refractivity contribution in [1.82, 2.24) is 10.6 Å². The van der Waals surface area contributed by atoms with Crippen LogP contribution in [0.3, 0.4) is 0 Å². The van der Waals surface area contributed by atoms with Crippen LogP contribution in [-0.2, 0) is 16.1 Å². The van der Waals surface area contributed by atoms with Gasteiger partial charge < -0.3 is 15.4 Å². The molecular weight excluding hydrogens is 216 g/mol. The molecule has 1 aromatic carbocycles. The van der Waals surface area contributed by atoms with E-state index in [-0.39, 0.29) is 5.91 Å². The minimum absolute atomic E-state index is 0.0581. The lowest BCUT2D eigenvalue weighted by Crippen LogP contribution is -2.26. The van der Waals surface area contributed by atoms with Crippen LogP contribution in [0.25, 0.3) is 0 Å². The van der Waals surface area contributed by atoms with Crippen molar-refractivity contribution in [3.8, 4) is 0 Å². The topological polar surface area (TPSA) is 50.4 Å². The average Bonchev–Trinajstić information content (AvgIpc) is 2.38. The number of carbonyl (C=O) groups excluding carboxylic acids is 1. The van der Waals surface area contributed by atoms with Crippen molar-refractivity contribution in [3.05, 3.63) is 35.9 Å². The smallest absolute Gasteiger partial charge is 0.221 e. The summed E-state index contributed by atoms with van der Waals surface area (Å²) in [5.41, 5.74) is 1.18. The van der Waals surface area contributed by atoms with Gasteiger partial charge in [-0.15, -0.1) is 0 Å². The fraction of sp³-hybridized carbons (Fsp3) is 0.462. The van der Waals surface area contributed by atoms with E-state index in [2.05, 4.69) is 10.6 Å².